The Bertz CT molecular complexity index is 480. The quantitative estimate of drug-likeness (QED) is 0.666. The maximum absolute atomic E-state index is 11.8. The molecule has 0 unspecified atom stereocenters. The number of rotatable bonds is 7. The summed E-state index contributed by atoms with van der Waals surface area (Å²) in [6.07, 6.45) is 0. The van der Waals surface area contributed by atoms with E-state index in [1.54, 1.807) is 25.3 Å². The molecule has 0 radical (unpaired) electrons. The molecule has 1 aromatic carbocycles. The molecular formula is C13H18ClN3O3. The van der Waals surface area contributed by atoms with Gasteiger partial charge in [0.05, 0.1) is 24.5 Å². The van der Waals surface area contributed by atoms with Gasteiger partial charge in [0.25, 0.3) is 0 Å². The average molecular weight is 300 g/mol. The highest BCUT2D eigenvalue weighted by atomic mass is 35.5. The lowest BCUT2D eigenvalue weighted by Gasteiger charge is -2.12. The van der Waals surface area contributed by atoms with Gasteiger partial charge in [-0.25, -0.2) is 0 Å². The summed E-state index contributed by atoms with van der Waals surface area (Å²) in [6.45, 7) is 2.65. The summed E-state index contributed by atoms with van der Waals surface area (Å²) in [7, 11) is 1.59. The Labute approximate surface area is 122 Å². The number of hydrogen-bond donors (Lipinski definition) is 3. The summed E-state index contributed by atoms with van der Waals surface area (Å²) in [4.78, 5) is 22.9. The Morgan fingerprint density at radius 2 is 2.00 bits per heavy atom. The predicted molar refractivity (Wildman–Crippen MR) is 79.1 cm³/mol. The molecule has 1 aromatic rings. The van der Waals surface area contributed by atoms with Crippen LogP contribution in [0.3, 0.4) is 0 Å². The SMILES string of the molecule is COCCNCC(=O)Nc1cc(Cl)ccc1NC(C)=O. The Morgan fingerprint density at radius 3 is 2.65 bits per heavy atom. The van der Waals surface area contributed by atoms with E-state index in [-0.39, 0.29) is 18.4 Å². The smallest absolute Gasteiger partial charge is 0.238 e. The number of amides is 2. The first-order chi connectivity index (χ1) is 9.52. The van der Waals surface area contributed by atoms with Crippen molar-refractivity contribution >= 4 is 34.8 Å². The van der Waals surface area contributed by atoms with Crippen LogP contribution in [0.15, 0.2) is 18.2 Å². The highest BCUT2D eigenvalue weighted by Crippen LogP contribution is 2.25. The molecule has 110 valence electrons. The Kier molecular flexibility index (Phi) is 7.00. The minimum Gasteiger partial charge on any atom is -0.383 e. The van der Waals surface area contributed by atoms with Gasteiger partial charge in [-0.05, 0) is 18.2 Å². The highest BCUT2D eigenvalue weighted by molar-refractivity contribution is 6.31. The lowest BCUT2D eigenvalue weighted by atomic mass is 10.2. The third-order valence-corrected chi connectivity index (χ3v) is 2.57. The molecule has 7 heteroatoms. The molecule has 0 saturated heterocycles. The van der Waals surface area contributed by atoms with Crippen LogP contribution < -0.4 is 16.0 Å². The fraction of sp³-hybridized carbons (Fsp3) is 0.385. The van der Waals surface area contributed by atoms with Gasteiger partial charge in [-0.2, -0.15) is 0 Å². The van der Waals surface area contributed by atoms with Crippen LogP contribution in [0, 0.1) is 0 Å². The first kappa shape index (κ1) is 16.4. The largest absolute Gasteiger partial charge is 0.383 e. The number of carbonyl (C=O) groups excluding carboxylic acids is 2. The van der Waals surface area contributed by atoms with Crippen LogP contribution in [0.2, 0.25) is 5.02 Å². The van der Waals surface area contributed by atoms with Crippen LogP contribution in [0.5, 0.6) is 0 Å². The maximum Gasteiger partial charge on any atom is 0.238 e. The molecule has 0 spiro atoms. The second-order valence-corrected chi connectivity index (χ2v) is 4.53. The molecule has 0 atom stereocenters. The number of ether oxygens (including phenoxy) is 1. The van der Waals surface area contributed by atoms with Crippen molar-refractivity contribution in [3.63, 3.8) is 0 Å². The van der Waals surface area contributed by atoms with Crippen molar-refractivity contribution in [2.45, 2.75) is 6.92 Å². The monoisotopic (exact) mass is 299 g/mol. The Balaban J connectivity index is 2.62. The Hall–Kier alpha value is -1.63. The van der Waals surface area contributed by atoms with Gasteiger partial charge in [-0.15, -0.1) is 0 Å². The van der Waals surface area contributed by atoms with Crippen molar-refractivity contribution < 1.29 is 14.3 Å². The highest BCUT2D eigenvalue weighted by Gasteiger charge is 2.08. The number of halogens is 1. The zero-order valence-corrected chi connectivity index (χ0v) is 12.2. The number of hydrogen-bond acceptors (Lipinski definition) is 4. The molecule has 3 N–H and O–H groups in total. The van der Waals surface area contributed by atoms with Crippen molar-refractivity contribution in [3.8, 4) is 0 Å². The third kappa shape index (κ3) is 6.01. The van der Waals surface area contributed by atoms with Gasteiger partial charge in [-0.1, -0.05) is 11.6 Å². The molecule has 0 aliphatic rings. The van der Waals surface area contributed by atoms with Crippen molar-refractivity contribution in [1.82, 2.24) is 5.32 Å². The fourth-order valence-corrected chi connectivity index (χ4v) is 1.66. The van der Waals surface area contributed by atoms with Gasteiger partial charge in [0.15, 0.2) is 0 Å². The van der Waals surface area contributed by atoms with Gasteiger partial charge in [-0.3, -0.25) is 9.59 Å². The molecule has 0 aliphatic heterocycles. The van der Waals surface area contributed by atoms with Gasteiger partial charge in [0, 0.05) is 25.6 Å². The molecule has 1 rings (SSSR count). The van der Waals surface area contributed by atoms with Gasteiger partial charge in [0.2, 0.25) is 11.8 Å². The summed E-state index contributed by atoms with van der Waals surface area (Å²) >= 11 is 5.89. The summed E-state index contributed by atoms with van der Waals surface area (Å²) in [5, 5.41) is 8.72. The van der Waals surface area contributed by atoms with E-state index in [0.29, 0.717) is 29.5 Å². The molecule has 0 aliphatic carbocycles. The van der Waals surface area contributed by atoms with E-state index < -0.39 is 0 Å². The van der Waals surface area contributed by atoms with Gasteiger partial charge >= 0.3 is 0 Å². The van der Waals surface area contributed by atoms with E-state index in [0.717, 1.165) is 0 Å². The fourth-order valence-electron chi connectivity index (χ4n) is 1.49. The number of carbonyl (C=O) groups is 2. The summed E-state index contributed by atoms with van der Waals surface area (Å²) in [6, 6.07) is 4.86. The lowest BCUT2D eigenvalue weighted by molar-refractivity contribution is -0.116. The Morgan fingerprint density at radius 1 is 1.25 bits per heavy atom. The molecule has 20 heavy (non-hydrogen) atoms. The maximum atomic E-state index is 11.8. The van der Waals surface area contributed by atoms with Crippen LogP contribution in [-0.4, -0.2) is 38.6 Å². The number of benzene rings is 1. The van der Waals surface area contributed by atoms with Gasteiger partial charge < -0.3 is 20.7 Å². The van der Waals surface area contributed by atoms with E-state index in [1.165, 1.54) is 6.92 Å². The lowest BCUT2D eigenvalue weighted by Crippen LogP contribution is -2.30. The number of anilines is 2. The summed E-state index contributed by atoms with van der Waals surface area (Å²) in [5.74, 6) is -0.448. The van der Waals surface area contributed by atoms with Crippen LogP contribution >= 0.6 is 11.6 Å². The topological polar surface area (TPSA) is 79.5 Å². The van der Waals surface area contributed by atoms with Crippen LogP contribution in [0.25, 0.3) is 0 Å². The van der Waals surface area contributed by atoms with Crippen LogP contribution in [0.1, 0.15) is 6.92 Å². The van der Waals surface area contributed by atoms with E-state index in [1.807, 2.05) is 0 Å². The molecule has 6 nitrogen and oxygen atoms in total. The van der Waals surface area contributed by atoms with Crippen molar-refractivity contribution in [2.24, 2.45) is 0 Å². The zero-order chi connectivity index (χ0) is 15.0. The normalized spacial score (nSPS) is 10.2. The minimum atomic E-state index is -0.227. The van der Waals surface area contributed by atoms with E-state index in [9.17, 15) is 9.59 Å². The summed E-state index contributed by atoms with van der Waals surface area (Å²) < 4.78 is 4.86. The van der Waals surface area contributed by atoms with E-state index in [2.05, 4.69) is 16.0 Å². The van der Waals surface area contributed by atoms with Crippen LogP contribution in [-0.2, 0) is 14.3 Å². The van der Waals surface area contributed by atoms with E-state index in [4.69, 9.17) is 16.3 Å². The molecule has 0 bridgehead atoms. The second-order valence-electron chi connectivity index (χ2n) is 4.09. The molecule has 0 heterocycles. The first-order valence-electron chi connectivity index (χ1n) is 6.09. The van der Waals surface area contributed by atoms with Gasteiger partial charge in [0.1, 0.15) is 0 Å². The standard InChI is InChI=1S/C13H18ClN3O3/c1-9(18)16-11-4-3-10(14)7-12(11)17-13(19)8-15-5-6-20-2/h3-4,7,15H,5-6,8H2,1-2H3,(H,16,18)(H,17,19). The zero-order valence-electron chi connectivity index (χ0n) is 11.5. The molecule has 0 saturated carbocycles. The predicted octanol–water partition coefficient (Wildman–Crippen LogP) is 1.47. The number of nitrogens with one attached hydrogen (secondary N) is 3. The summed E-state index contributed by atoms with van der Waals surface area (Å²) in [5.41, 5.74) is 0.971. The minimum absolute atomic E-state index is 0.148. The second kappa shape index (κ2) is 8.52. The molecule has 2 amide bonds. The molecule has 0 fully saturated rings. The van der Waals surface area contributed by atoms with E-state index >= 15 is 0 Å². The third-order valence-electron chi connectivity index (χ3n) is 2.33. The van der Waals surface area contributed by atoms with Crippen LogP contribution in [0.4, 0.5) is 11.4 Å². The van der Waals surface area contributed by atoms with Crippen molar-refractivity contribution in [1.29, 1.82) is 0 Å². The first-order valence-corrected chi connectivity index (χ1v) is 6.47. The number of methoxy groups -OCH3 is 1. The molecule has 0 aromatic heterocycles. The van der Waals surface area contributed by atoms with Crippen molar-refractivity contribution in [2.75, 3.05) is 37.4 Å². The average Bonchev–Trinajstić information content (AvgIpc) is 2.37. The van der Waals surface area contributed by atoms with Crippen molar-refractivity contribution in [3.05, 3.63) is 23.2 Å². The molecular weight excluding hydrogens is 282 g/mol.